The second-order valence-corrected chi connectivity index (χ2v) is 5.15. The van der Waals surface area contributed by atoms with Gasteiger partial charge in [0, 0.05) is 7.05 Å². The highest BCUT2D eigenvalue weighted by Crippen LogP contribution is 2.31. The molecule has 0 N–H and O–H groups in total. The average molecular weight is 291 g/mol. The normalized spacial score (nSPS) is 25.8. The standard InChI is InChI=1S/C16H21NO4/c1-4-20-14(18)10-13-16(19)17(3)11(2)15(21-13)12-8-6-5-7-9-12/h5-9,11,13,15H,4,10H2,1-3H3/t11-,13?,15-/m0/s1. The Kier molecular flexibility index (Phi) is 4.96. The predicted octanol–water partition coefficient (Wildman–Crippen LogP) is 1.93. The van der Waals surface area contributed by atoms with Crippen LogP contribution in [0.2, 0.25) is 0 Å². The molecular formula is C16H21NO4. The number of ether oxygens (including phenoxy) is 2. The van der Waals surface area contributed by atoms with E-state index in [-0.39, 0.29) is 24.5 Å². The van der Waals surface area contributed by atoms with Crippen LogP contribution in [0.5, 0.6) is 0 Å². The van der Waals surface area contributed by atoms with Crippen molar-refractivity contribution in [1.82, 2.24) is 4.90 Å². The average Bonchev–Trinajstić information content (AvgIpc) is 2.49. The van der Waals surface area contributed by atoms with Gasteiger partial charge in [0.25, 0.3) is 5.91 Å². The lowest BCUT2D eigenvalue weighted by Gasteiger charge is -2.40. The van der Waals surface area contributed by atoms with Gasteiger partial charge in [-0.1, -0.05) is 30.3 Å². The topological polar surface area (TPSA) is 55.8 Å². The molecule has 1 aliphatic rings. The SMILES string of the molecule is CCOC(=O)CC1O[C@H](c2ccccc2)[C@H](C)N(C)C1=O. The van der Waals surface area contributed by atoms with Crippen LogP contribution < -0.4 is 0 Å². The van der Waals surface area contributed by atoms with E-state index in [4.69, 9.17) is 9.47 Å². The minimum absolute atomic E-state index is 0.0485. The fraction of sp³-hybridized carbons (Fsp3) is 0.500. The second kappa shape index (κ2) is 6.72. The van der Waals surface area contributed by atoms with Gasteiger partial charge in [-0.25, -0.2) is 0 Å². The number of amides is 1. The minimum Gasteiger partial charge on any atom is -0.466 e. The number of hydrogen-bond acceptors (Lipinski definition) is 4. The minimum atomic E-state index is -0.782. The van der Waals surface area contributed by atoms with Gasteiger partial charge in [0.15, 0.2) is 0 Å². The van der Waals surface area contributed by atoms with Crippen LogP contribution in [0.25, 0.3) is 0 Å². The molecule has 1 aromatic carbocycles. The molecule has 5 heteroatoms. The summed E-state index contributed by atoms with van der Waals surface area (Å²) in [6.45, 7) is 3.98. The lowest BCUT2D eigenvalue weighted by molar-refractivity contribution is -0.175. The number of likely N-dealkylation sites (N-methyl/N-ethyl adjacent to an activating group) is 1. The van der Waals surface area contributed by atoms with Crippen molar-refractivity contribution in [3.63, 3.8) is 0 Å². The molecule has 1 amide bonds. The Balaban J connectivity index is 2.16. The van der Waals surface area contributed by atoms with Crippen molar-refractivity contribution in [1.29, 1.82) is 0 Å². The first-order valence-electron chi connectivity index (χ1n) is 7.17. The van der Waals surface area contributed by atoms with Crippen molar-refractivity contribution in [2.24, 2.45) is 0 Å². The van der Waals surface area contributed by atoms with Crippen LogP contribution in [0, 0.1) is 0 Å². The van der Waals surface area contributed by atoms with Crippen LogP contribution in [-0.2, 0) is 19.1 Å². The van der Waals surface area contributed by atoms with Gasteiger partial charge in [-0.05, 0) is 19.4 Å². The van der Waals surface area contributed by atoms with E-state index in [1.165, 1.54) is 0 Å². The summed E-state index contributed by atoms with van der Waals surface area (Å²) in [4.78, 5) is 25.5. The molecule has 21 heavy (non-hydrogen) atoms. The van der Waals surface area contributed by atoms with Crippen LogP contribution in [0.1, 0.15) is 31.9 Å². The Morgan fingerprint density at radius 2 is 2.00 bits per heavy atom. The third kappa shape index (κ3) is 3.42. The van der Waals surface area contributed by atoms with Gasteiger partial charge in [-0.2, -0.15) is 0 Å². The molecule has 0 radical (unpaired) electrons. The van der Waals surface area contributed by atoms with E-state index in [1.54, 1.807) is 18.9 Å². The number of hydrogen-bond donors (Lipinski definition) is 0. The van der Waals surface area contributed by atoms with E-state index in [0.717, 1.165) is 5.56 Å². The Morgan fingerprint density at radius 1 is 1.33 bits per heavy atom. The molecule has 0 spiro atoms. The van der Waals surface area contributed by atoms with Crippen LogP contribution in [0.3, 0.4) is 0 Å². The molecular weight excluding hydrogens is 270 g/mol. The van der Waals surface area contributed by atoms with Crippen LogP contribution in [-0.4, -0.2) is 42.6 Å². The maximum atomic E-state index is 12.2. The van der Waals surface area contributed by atoms with Gasteiger partial charge in [-0.15, -0.1) is 0 Å². The molecule has 1 aliphatic heterocycles. The summed E-state index contributed by atoms with van der Waals surface area (Å²) >= 11 is 0. The van der Waals surface area contributed by atoms with Gasteiger partial charge < -0.3 is 14.4 Å². The van der Waals surface area contributed by atoms with Crippen LogP contribution in [0.4, 0.5) is 0 Å². The summed E-state index contributed by atoms with van der Waals surface area (Å²) in [5.74, 6) is -0.589. The molecule has 5 nitrogen and oxygen atoms in total. The fourth-order valence-electron chi connectivity index (χ4n) is 2.49. The molecule has 114 valence electrons. The number of morpholine rings is 1. The zero-order valence-corrected chi connectivity index (χ0v) is 12.6. The second-order valence-electron chi connectivity index (χ2n) is 5.15. The predicted molar refractivity (Wildman–Crippen MR) is 77.5 cm³/mol. The van der Waals surface area contributed by atoms with E-state index < -0.39 is 12.1 Å². The quantitative estimate of drug-likeness (QED) is 0.795. The first kappa shape index (κ1) is 15.5. The molecule has 0 saturated carbocycles. The number of nitrogens with zero attached hydrogens (tertiary/aromatic N) is 1. The first-order chi connectivity index (χ1) is 10.0. The summed E-state index contributed by atoms with van der Waals surface area (Å²) in [5.41, 5.74) is 0.998. The summed E-state index contributed by atoms with van der Waals surface area (Å²) in [5, 5.41) is 0. The molecule has 2 rings (SSSR count). The summed E-state index contributed by atoms with van der Waals surface area (Å²) in [7, 11) is 1.74. The Hall–Kier alpha value is -1.88. The van der Waals surface area contributed by atoms with Crippen LogP contribution >= 0.6 is 0 Å². The molecule has 0 bridgehead atoms. The van der Waals surface area contributed by atoms with E-state index in [2.05, 4.69) is 0 Å². The maximum absolute atomic E-state index is 12.2. The lowest BCUT2D eigenvalue weighted by Crippen LogP contribution is -2.52. The van der Waals surface area contributed by atoms with Crippen LogP contribution in [0.15, 0.2) is 30.3 Å². The summed E-state index contributed by atoms with van der Waals surface area (Å²) in [6, 6.07) is 9.64. The van der Waals surface area contributed by atoms with Crippen molar-refractivity contribution >= 4 is 11.9 Å². The lowest BCUT2D eigenvalue weighted by atomic mass is 9.98. The molecule has 1 heterocycles. The Bertz CT molecular complexity index is 502. The van der Waals surface area contributed by atoms with E-state index in [0.29, 0.717) is 6.61 Å². The van der Waals surface area contributed by atoms with Gasteiger partial charge >= 0.3 is 5.97 Å². The van der Waals surface area contributed by atoms with Gasteiger partial charge in [0.2, 0.25) is 0 Å². The highest BCUT2D eigenvalue weighted by atomic mass is 16.5. The zero-order chi connectivity index (χ0) is 15.4. The highest BCUT2D eigenvalue weighted by molar-refractivity contribution is 5.86. The Labute approximate surface area is 124 Å². The van der Waals surface area contributed by atoms with Gasteiger partial charge in [0.05, 0.1) is 19.1 Å². The maximum Gasteiger partial charge on any atom is 0.308 e. The largest absolute Gasteiger partial charge is 0.466 e. The molecule has 1 fully saturated rings. The smallest absolute Gasteiger partial charge is 0.308 e. The van der Waals surface area contributed by atoms with Crippen molar-refractivity contribution in [3.8, 4) is 0 Å². The molecule has 1 unspecified atom stereocenters. The third-order valence-corrected chi connectivity index (χ3v) is 3.77. The molecule has 1 saturated heterocycles. The molecule has 0 aromatic heterocycles. The summed E-state index contributed by atoms with van der Waals surface area (Å²) < 4.78 is 10.8. The van der Waals surface area contributed by atoms with Crippen molar-refractivity contribution in [2.75, 3.05) is 13.7 Å². The molecule has 0 aliphatic carbocycles. The third-order valence-electron chi connectivity index (χ3n) is 3.77. The van der Waals surface area contributed by atoms with Gasteiger partial charge in [-0.3, -0.25) is 9.59 Å². The molecule has 1 aromatic rings. The van der Waals surface area contributed by atoms with Gasteiger partial charge in [0.1, 0.15) is 12.2 Å². The zero-order valence-electron chi connectivity index (χ0n) is 12.6. The number of benzene rings is 1. The number of carbonyl (C=O) groups is 2. The van der Waals surface area contributed by atoms with E-state index in [1.807, 2.05) is 37.3 Å². The highest BCUT2D eigenvalue weighted by Gasteiger charge is 2.40. The van der Waals surface area contributed by atoms with Crippen molar-refractivity contribution < 1.29 is 19.1 Å². The van der Waals surface area contributed by atoms with E-state index >= 15 is 0 Å². The number of carbonyl (C=O) groups excluding carboxylic acids is 2. The number of rotatable bonds is 4. The van der Waals surface area contributed by atoms with Crippen molar-refractivity contribution in [2.45, 2.75) is 38.5 Å². The van der Waals surface area contributed by atoms with E-state index in [9.17, 15) is 9.59 Å². The van der Waals surface area contributed by atoms with Crippen molar-refractivity contribution in [3.05, 3.63) is 35.9 Å². The first-order valence-corrected chi connectivity index (χ1v) is 7.17. The Morgan fingerprint density at radius 3 is 2.62 bits per heavy atom. The molecule has 3 atom stereocenters. The summed E-state index contributed by atoms with van der Waals surface area (Å²) in [6.07, 6.45) is -1.07. The monoisotopic (exact) mass is 291 g/mol. The number of esters is 1. The fourth-order valence-corrected chi connectivity index (χ4v) is 2.49.